The second kappa shape index (κ2) is 4.71. The quantitative estimate of drug-likeness (QED) is 0.836. The maximum atomic E-state index is 12.7. The minimum Gasteiger partial charge on any atom is -0.397 e. The van der Waals surface area contributed by atoms with E-state index < -0.39 is 5.60 Å². The Hall–Kier alpha value is -1.60. The van der Waals surface area contributed by atoms with E-state index in [1.54, 1.807) is 16.5 Å². The fraction of sp³-hybridized carbons (Fsp3) is 0.571. The molecule has 2 aromatic heterocycles. The third kappa shape index (κ3) is 2.30. The summed E-state index contributed by atoms with van der Waals surface area (Å²) in [5.74, 6) is -0.0897. The molecule has 0 saturated carbocycles. The van der Waals surface area contributed by atoms with Gasteiger partial charge in [0.05, 0.1) is 22.4 Å². The Morgan fingerprint density at radius 3 is 2.86 bits per heavy atom. The van der Waals surface area contributed by atoms with Gasteiger partial charge in [0.25, 0.3) is 5.91 Å². The number of nitrogens with zero attached hydrogens (tertiary/aromatic N) is 3. The van der Waals surface area contributed by atoms with Crippen molar-refractivity contribution in [2.45, 2.75) is 32.3 Å². The highest BCUT2D eigenvalue weighted by Crippen LogP contribution is 2.36. The number of rotatable bonds is 1. The van der Waals surface area contributed by atoms with Crippen LogP contribution in [0.15, 0.2) is 0 Å². The van der Waals surface area contributed by atoms with Gasteiger partial charge < -0.3 is 15.7 Å². The summed E-state index contributed by atoms with van der Waals surface area (Å²) in [5.41, 5.74) is 6.72. The van der Waals surface area contributed by atoms with Crippen LogP contribution < -0.4 is 5.73 Å². The van der Waals surface area contributed by atoms with E-state index >= 15 is 0 Å². The number of carbonyl (C=O) groups is 1. The number of carbonyl (C=O) groups excluding carboxylic acids is 1. The van der Waals surface area contributed by atoms with Crippen LogP contribution >= 0.6 is 11.3 Å². The molecule has 3 heterocycles. The molecule has 3 rings (SSSR count). The number of nitrogens with two attached hydrogens (primary N) is 1. The van der Waals surface area contributed by atoms with Gasteiger partial charge in [-0.15, -0.1) is 11.3 Å². The molecular weight excluding hydrogens is 288 g/mol. The van der Waals surface area contributed by atoms with E-state index in [1.165, 1.54) is 11.3 Å². The van der Waals surface area contributed by atoms with Crippen molar-refractivity contribution in [3.63, 3.8) is 0 Å². The lowest BCUT2D eigenvalue weighted by Gasteiger charge is -2.36. The maximum absolute atomic E-state index is 12.7. The molecule has 114 valence electrons. The van der Waals surface area contributed by atoms with Crippen LogP contribution in [0.5, 0.6) is 0 Å². The van der Waals surface area contributed by atoms with Crippen LogP contribution in [-0.2, 0) is 7.05 Å². The van der Waals surface area contributed by atoms with E-state index in [-0.39, 0.29) is 5.91 Å². The van der Waals surface area contributed by atoms with E-state index in [2.05, 4.69) is 5.10 Å². The summed E-state index contributed by atoms with van der Waals surface area (Å²) in [6.07, 6.45) is 1.53. The maximum Gasteiger partial charge on any atom is 0.266 e. The zero-order valence-corrected chi connectivity index (χ0v) is 13.3. The van der Waals surface area contributed by atoms with Crippen molar-refractivity contribution in [1.29, 1.82) is 0 Å². The van der Waals surface area contributed by atoms with Gasteiger partial charge in [-0.3, -0.25) is 9.48 Å². The standard InChI is InChI=1S/C14H20N4O2S/c1-8-9-10(15)11(21-13(9)17(3)16-8)12(19)18-6-4-5-14(2,20)7-18/h20H,4-7,15H2,1-3H3. The van der Waals surface area contributed by atoms with Gasteiger partial charge >= 0.3 is 0 Å². The normalized spacial score (nSPS) is 23.0. The van der Waals surface area contributed by atoms with Gasteiger partial charge in [0.1, 0.15) is 9.71 Å². The van der Waals surface area contributed by atoms with Crippen molar-refractivity contribution in [1.82, 2.24) is 14.7 Å². The SMILES string of the molecule is Cc1nn(C)c2sc(C(=O)N3CCCC(C)(O)C3)c(N)c12. The topological polar surface area (TPSA) is 84.4 Å². The van der Waals surface area contributed by atoms with Crippen molar-refractivity contribution < 1.29 is 9.90 Å². The van der Waals surface area contributed by atoms with Crippen molar-refractivity contribution in [2.75, 3.05) is 18.8 Å². The fourth-order valence-corrected chi connectivity index (χ4v) is 4.18. The van der Waals surface area contributed by atoms with Gasteiger partial charge in [-0.2, -0.15) is 5.10 Å². The minimum atomic E-state index is -0.809. The Balaban J connectivity index is 1.98. The van der Waals surface area contributed by atoms with Crippen molar-refractivity contribution >= 4 is 33.1 Å². The molecule has 2 aromatic rings. The summed E-state index contributed by atoms with van der Waals surface area (Å²) >= 11 is 1.38. The number of piperidine rings is 1. The third-order valence-corrected chi connectivity index (χ3v) is 5.30. The van der Waals surface area contributed by atoms with Crippen LogP contribution in [0, 0.1) is 6.92 Å². The molecule has 1 fully saturated rings. The third-order valence-electron chi connectivity index (χ3n) is 4.04. The molecule has 7 heteroatoms. The summed E-state index contributed by atoms with van der Waals surface area (Å²) in [5, 5.41) is 15.4. The van der Waals surface area contributed by atoms with Crippen LogP contribution in [0.4, 0.5) is 5.69 Å². The van der Waals surface area contributed by atoms with E-state index in [0.29, 0.717) is 23.7 Å². The number of aliphatic hydroxyl groups is 1. The summed E-state index contributed by atoms with van der Waals surface area (Å²) in [6.45, 7) is 4.69. The Morgan fingerprint density at radius 2 is 2.24 bits per heavy atom. The predicted octanol–water partition coefficient (Wildman–Crippen LogP) is 1.51. The molecule has 21 heavy (non-hydrogen) atoms. The predicted molar refractivity (Wildman–Crippen MR) is 83.5 cm³/mol. The number of anilines is 1. The molecule has 0 spiro atoms. The average Bonchev–Trinajstić information content (AvgIpc) is 2.87. The van der Waals surface area contributed by atoms with Crippen LogP contribution in [-0.4, -0.2) is 44.4 Å². The molecule has 3 N–H and O–H groups in total. The zero-order chi connectivity index (χ0) is 15.4. The number of fused-ring (bicyclic) bond motifs is 1. The average molecular weight is 308 g/mol. The highest BCUT2D eigenvalue weighted by Gasteiger charge is 2.33. The molecule has 1 unspecified atom stereocenters. The van der Waals surface area contributed by atoms with Crippen LogP contribution in [0.25, 0.3) is 10.2 Å². The van der Waals surface area contributed by atoms with E-state index in [1.807, 2.05) is 14.0 Å². The number of nitrogen functional groups attached to an aromatic ring is 1. The minimum absolute atomic E-state index is 0.0897. The van der Waals surface area contributed by atoms with Crippen molar-refractivity contribution in [2.24, 2.45) is 7.05 Å². The van der Waals surface area contributed by atoms with E-state index in [4.69, 9.17) is 5.73 Å². The first-order valence-corrected chi connectivity index (χ1v) is 7.85. The smallest absolute Gasteiger partial charge is 0.266 e. The Morgan fingerprint density at radius 1 is 1.52 bits per heavy atom. The second-order valence-corrected chi connectivity index (χ2v) is 7.06. The van der Waals surface area contributed by atoms with Crippen LogP contribution in [0.3, 0.4) is 0 Å². The lowest BCUT2D eigenvalue weighted by molar-refractivity contribution is -0.0105. The molecule has 6 nitrogen and oxygen atoms in total. The van der Waals surface area contributed by atoms with Crippen molar-refractivity contribution in [3.8, 4) is 0 Å². The lowest BCUT2D eigenvalue weighted by atomic mass is 9.95. The molecule has 1 atom stereocenters. The van der Waals surface area contributed by atoms with Gasteiger partial charge in [-0.1, -0.05) is 0 Å². The summed E-state index contributed by atoms with van der Waals surface area (Å²) in [7, 11) is 1.85. The molecule has 0 bridgehead atoms. The number of β-amino-alcohol motifs (C(OH)–C–C–N with tert-alkyl or cyclic N) is 1. The van der Waals surface area contributed by atoms with E-state index in [9.17, 15) is 9.90 Å². The first kappa shape index (κ1) is 14.3. The lowest BCUT2D eigenvalue weighted by Crippen LogP contribution is -2.48. The number of hydrogen-bond acceptors (Lipinski definition) is 5. The second-order valence-electron chi connectivity index (χ2n) is 6.06. The Labute approximate surface area is 127 Å². The van der Waals surface area contributed by atoms with Gasteiger partial charge in [-0.25, -0.2) is 0 Å². The largest absolute Gasteiger partial charge is 0.397 e. The first-order valence-electron chi connectivity index (χ1n) is 7.03. The number of hydrogen-bond donors (Lipinski definition) is 2. The summed E-state index contributed by atoms with van der Waals surface area (Å²) in [6, 6.07) is 0. The van der Waals surface area contributed by atoms with Gasteiger partial charge in [0, 0.05) is 20.1 Å². The summed E-state index contributed by atoms with van der Waals surface area (Å²) < 4.78 is 1.76. The van der Waals surface area contributed by atoms with Gasteiger partial charge in [0.2, 0.25) is 0 Å². The zero-order valence-electron chi connectivity index (χ0n) is 12.5. The molecule has 0 radical (unpaired) electrons. The molecule has 1 amide bonds. The van der Waals surface area contributed by atoms with Crippen LogP contribution in [0.1, 0.15) is 35.1 Å². The molecule has 0 aliphatic carbocycles. The Kier molecular flexibility index (Phi) is 3.22. The monoisotopic (exact) mass is 308 g/mol. The van der Waals surface area contributed by atoms with Crippen LogP contribution in [0.2, 0.25) is 0 Å². The molecule has 1 aliphatic heterocycles. The fourth-order valence-electron chi connectivity index (χ4n) is 3.03. The first-order chi connectivity index (χ1) is 9.80. The number of amides is 1. The highest BCUT2D eigenvalue weighted by atomic mass is 32.1. The number of likely N-dealkylation sites (tertiary alicyclic amines) is 1. The molecule has 0 aromatic carbocycles. The van der Waals surface area contributed by atoms with Gasteiger partial charge in [0.15, 0.2) is 0 Å². The van der Waals surface area contributed by atoms with Gasteiger partial charge in [-0.05, 0) is 26.7 Å². The molecule has 1 aliphatic rings. The number of aromatic nitrogens is 2. The van der Waals surface area contributed by atoms with E-state index in [0.717, 1.165) is 28.8 Å². The number of aryl methyl sites for hydroxylation is 2. The highest BCUT2D eigenvalue weighted by molar-refractivity contribution is 7.21. The number of thiophene rings is 1. The van der Waals surface area contributed by atoms with Crippen molar-refractivity contribution in [3.05, 3.63) is 10.6 Å². The Bertz CT molecular complexity index is 716. The molecular formula is C14H20N4O2S. The summed E-state index contributed by atoms with van der Waals surface area (Å²) in [4.78, 5) is 15.9. The molecule has 1 saturated heterocycles.